The zero-order valence-corrected chi connectivity index (χ0v) is 13.1. The molecule has 0 spiro atoms. The Balaban J connectivity index is 2.40. The van der Waals surface area contributed by atoms with Crippen molar-refractivity contribution >= 4 is 34.8 Å². The first-order valence-corrected chi connectivity index (χ1v) is 6.92. The maximum absolute atomic E-state index is 9.13. The Morgan fingerprint density at radius 3 is 2.10 bits per heavy atom. The fourth-order valence-corrected chi connectivity index (χ4v) is 2.40. The summed E-state index contributed by atoms with van der Waals surface area (Å²) in [6.45, 7) is 0. The molecule has 2 aromatic rings. The lowest BCUT2D eigenvalue weighted by atomic mass is 10.2. The molecule has 0 saturated carbocycles. The highest BCUT2D eigenvalue weighted by atomic mass is 35.5. The molecule has 0 amide bonds. The van der Waals surface area contributed by atoms with E-state index in [9.17, 15) is 0 Å². The molecule has 0 atom stereocenters. The van der Waals surface area contributed by atoms with E-state index >= 15 is 0 Å². The topological polar surface area (TPSA) is 58.9 Å². The van der Waals surface area contributed by atoms with Crippen LogP contribution in [0.25, 0.3) is 0 Å². The van der Waals surface area contributed by atoms with E-state index in [0.29, 0.717) is 16.5 Å². The number of hydrogen-bond donors (Lipinski definition) is 2. The van der Waals surface area contributed by atoms with Gasteiger partial charge in [-0.15, -0.1) is 0 Å². The lowest BCUT2D eigenvalue weighted by Gasteiger charge is -2.14. The first-order valence-electron chi connectivity index (χ1n) is 5.79. The van der Waals surface area contributed by atoms with Crippen LogP contribution in [0, 0.1) is 0 Å². The summed E-state index contributed by atoms with van der Waals surface area (Å²) < 4.78 is 10.8. The zero-order chi connectivity index (χ0) is 15.6. The minimum atomic E-state index is -1.67. The van der Waals surface area contributed by atoms with E-state index < -0.39 is 6.29 Å². The molecule has 2 aromatic carbocycles. The van der Waals surface area contributed by atoms with Gasteiger partial charge >= 0.3 is 0 Å². The van der Waals surface area contributed by atoms with Crippen molar-refractivity contribution in [1.29, 1.82) is 0 Å². The number of ether oxygens (including phenoxy) is 2. The highest BCUT2D eigenvalue weighted by molar-refractivity contribution is 6.37. The number of methoxy groups -OCH3 is 1. The fourth-order valence-electron chi connectivity index (χ4n) is 1.66. The van der Waals surface area contributed by atoms with Gasteiger partial charge in [-0.3, -0.25) is 0 Å². The highest BCUT2D eigenvalue weighted by Crippen LogP contribution is 2.41. The van der Waals surface area contributed by atoms with Crippen molar-refractivity contribution in [3.63, 3.8) is 0 Å². The summed E-state index contributed by atoms with van der Waals surface area (Å²) in [5, 5.41) is 19.0. The first kappa shape index (κ1) is 16.2. The van der Waals surface area contributed by atoms with Crippen LogP contribution in [-0.2, 0) is 0 Å². The molecule has 112 valence electrons. The van der Waals surface area contributed by atoms with Crippen LogP contribution in [0.15, 0.2) is 30.3 Å². The number of hydrogen-bond acceptors (Lipinski definition) is 4. The van der Waals surface area contributed by atoms with Crippen molar-refractivity contribution in [2.24, 2.45) is 0 Å². The molecule has 2 rings (SSSR count). The molecule has 0 unspecified atom stereocenters. The van der Waals surface area contributed by atoms with Crippen molar-refractivity contribution in [1.82, 2.24) is 0 Å². The average Bonchev–Trinajstić information content (AvgIpc) is 2.43. The van der Waals surface area contributed by atoms with Crippen molar-refractivity contribution < 1.29 is 19.7 Å². The van der Waals surface area contributed by atoms with Gasteiger partial charge in [-0.2, -0.15) is 0 Å². The Labute approximate surface area is 136 Å². The van der Waals surface area contributed by atoms with Crippen molar-refractivity contribution in [2.45, 2.75) is 6.29 Å². The molecule has 0 aliphatic rings. The Morgan fingerprint density at radius 1 is 0.952 bits per heavy atom. The van der Waals surface area contributed by atoms with Crippen LogP contribution in [-0.4, -0.2) is 17.3 Å². The molecule has 0 heterocycles. The molecule has 0 bridgehead atoms. The second-order valence-corrected chi connectivity index (χ2v) is 5.34. The SMILES string of the molecule is COc1cc(Cl)ccc1Oc1c(Cl)cc(C(O)O)cc1Cl. The Kier molecular flexibility index (Phi) is 5.19. The van der Waals surface area contributed by atoms with Crippen LogP contribution in [0.2, 0.25) is 15.1 Å². The second-order valence-electron chi connectivity index (χ2n) is 4.08. The minimum absolute atomic E-state index is 0.141. The van der Waals surface area contributed by atoms with Crippen molar-refractivity contribution in [2.75, 3.05) is 7.11 Å². The van der Waals surface area contributed by atoms with Gasteiger partial charge < -0.3 is 19.7 Å². The van der Waals surface area contributed by atoms with E-state index in [1.807, 2.05) is 0 Å². The molecule has 0 aliphatic heterocycles. The van der Waals surface area contributed by atoms with E-state index in [-0.39, 0.29) is 21.4 Å². The number of aliphatic hydroxyl groups excluding tert-OH is 1. The van der Waals surface area contributed by atoms with Gasteiger partial charge in [-0.25, -0.2) is 0 Å². The fraction of sp³-hybridized carbons (Fsp3) is 0.143. The van der Waals surface area contributed by atoms with Crippen LogP contribution in [0.4, 0.5) is 0 Å². The molecule has 0 radical (unpaired) electrons. The summed E-state index contributed by atoms with van der Waals surface area (Å²) in [5.74, 6) is 0.979. The summed E-state index contributed by atoms with van der Waals surface area (Å²) in [4.78, 5) is 0. The maximum atomic E-state index is 9.13. The summed E-state index contributed by atoms with van der Waals surface area (Å²) in [6.07, 6.45) is -1.67. The molecule has 0 saturated heterocycles. The monoisotopic (exact) mass is 348 g/mol. The lowest BCUT2D eigenvalue weighted by Crippen LogP contribution is -1.97. The van der Waals surface area contributed by atoms with Crippen LogP contribution in [0.5, 0.6) is 17.2 Å². The quantitative estimate of drug-likeness (QED) is 0.802. The van der Waals surface area contributed by atoms with Gasteiger partial charge in [-0.05, 0) is 24.3 Å². The van der Waals surface area contributed by atoms with Crippen LogP contribution < -0.4 is 9.47 Å². The number of rotatable bonds is 4. The van der Waals surface area contributed by atoms with Crippen LogP contribution in [0.3, 0.4) is 0 Å². The Hall–Kier alpha value is -1.17. The molecule has 0 aliphatic carbocycles. The normalized spacial score (nSPS) is 10.8. The number of halogens is 3. The van der Waals surface area contributed by atoms with E-state index in [1.54, 1.807) is 18.2 Å². The number of aliphatic hydroxyl groups is 2. The van der Waals surface area contributed by atoms with Crippen molar-refractivity contribution in [3.8, 4) is 17.2 Å². The maximum Gasteiger partial charge on any atom is 0.178 e. The molecule has 0 aromatic heterocycles. The molecule has 4 nitrogen and oxygen atoms in total. The third kappa shape index (κ3) is 3.73. The van der Waals surface area contributed by atoms with E-state index in [4.69, 9.17) is 54.5 Å². The van der Waals surface area contributed by atoms with E-state index in [1.165, 1.54) is 19.2 Å². The first-order chi connectivity index (χ1) is 9.92. The molecule has 2 N–H and O–H groups in total. The predicted octanol–water partition coefficient (Wildman–Crippen LogP) is 4.43. The predicted molar refractivity (Wildman–Crippen MR) is 81.7 cm³/mol. The Bertz CT molecular complexity index is 636. The van der Waals surface area contributed by atoms with Crippen LogP contribution >= 0.6 is 34.8 Å². The molecular formula is C14H11Cl3O4. The van der Waals surface area contributed by atoms with Gasteiger partial charge in [0.05, 0.1) is 17.2 Å². The smallest absolute Gasteiger partial charge is 0.178 e. The summed E-state index contributed by atoms with van der Waals surface area (Å²) in [6, 6.07) is 7.55. The standard InChI is InChI=1S/C14H11Cl3O4/c1-20-12-6-8(15)2-3-11(12)21-13-9(16)4-7(14(18)19)5-10(13)17/h2-6,14,18-19H,1H3. The number of benzene rings is 2. The zero-order valence-electron chi connectivity index (χ0n) is 10.8. The van der Waals surface area contributed by atoms with Gasteiger partial charge in [0.25, 0.3) is 0 Å². The largest absolute Gasteiger partial charge is 0.493 e. The minimum Gasteiger partial charge on any atom is -0.493 e. The van der Waals surface area contributed by atoms with Crippen LogP contribution in [0.1, 0.15) is 11.9 Å². The van der Waals surface area contributed by atoms with Gasteiger partial charge in [-0.1, -0.05) is 34.8 Å². The second kappa shape index (κ2) is 6.73. The summed E-state index contributed by atoms with van der Waals surface area (Å²) >= 11 is 18.0. The van der Waals surface area contributed by atoms with E-state index in [2.05, 4.69) is 0 Å². The molecule has 7 heteroatoms. The molecular weight excluding hydrogens is 339 g/mol. The summed E-state index contributed by atoms with van der Waals surface area (Å²) in [7, 11) is 1.48. The van der Waals surface area contributed by atoms with Crippen molar-refractivity contribution in [3.05, 3.63) is 51.0 Å². The van der Waals surface area contributed by atoms with Gasteiger partial charge in [0.2, 0.25) is 0 Å². The third-order valence-electron chi connectivity index (χ3n) is 2.66. The average molecular weight is 350 g/mol. The van der Waals surface area contributed by atoms with Gasteiger partial charge in [0.1, 0.15) is 0 Å². The van der Waals surface area contributed by atoms with Gasteiger partial charge in [0, 0.05) is 16.7 Å². The molecule has 21 heavy (non-hydrogen) atoms. The Morgan fingerprint density at radius 2 is 1.57 bits per heavy atom. The lowest BCUT2D eigenvalue weighted by molar-refractivity contribution is -0.0424. The summed E-state index contributed by atoms with van der Waals surface area (Å²) in [5.41, 5.74) is 0.167. The molecule has 0 fully saturated rings. The highest BCUT2D eigenvalue weighted by Gasteiger charge is 2.15. The van der Waals surface area contributed by atoms with E-state index in [0.717, 1.165) is 0 Å². The van der Waals surface area contributed by atoms with Gasteiger partial charge in [0.15, 0.2) is 23.5 Å². The third-order valence-corrected chi connectivity index (χ3v) is 3.45.